The van der Waals surface area contributed by atoms with Crippen LogP contribution in [0.2, 0.25) is 0 Å². The van der Waals surface area contributed by atoms with Gasteiger partial charge < -0.3 is 4.74 Å². The van der Waals surface area contributed by atoms with E-state index < -0.39 is 0 Å². The number of ether oxygens (including phenoxy) is 1. The second-order valence-corrected chi connectivity index (χ2v) is 5.52. The van der Waals surface area contributed by atoms with Gasteiger partial charge >= 0.3 is 0 Å². The maximum Gasteiger partial charge on any atom is 0.0795 e. The van der Waals surface area contributed by atoms with E-state index in [9.17, 15) is 0 Å². The lowest BCUT2D eigenvalue weighted by molar-refractivity contribution is 0.0461. The van der Waals surface area contributed by atoms with Crippen molar-refractivity contribution in [1.29, 1.82) is 0 Å². The van der Waals surface area contributed by atoms with Crippen molar-refractivity contribution in [3.8, 4) is 0 Å². The molecule has 5 heteroatoms. The fraction of sp³-hybridized carbons (Fsp3) is 0.769. The van der Waals surface area contributed by atoms with Crippen LogP contribution < -0.4 is 0 Å². The summed E-state index contributed by atoms with van der Waals surface area (Å²) in [6, 6.07) is 0.660. The molecule has 1 aromatic rings. The van der Waals surface area contributed by atoms with Crippen LogP contribution in [0.1, 0.15) is 19.0 Å². The van der Waals surface area contributed by atoms with Gasteiger partial charge in [-0.1, -0.05) is 6.92 Å². The van der Waals surface area contributed by atoms with Gasteiger partial charge in [0.15, 0.2) is 0 Å². The molecule has 1 saturated heterocycles. The van der Waals surface area contributed by atoms with Crippen LogP contribution in [-0.2, 0) is 11.3 Å². The highest BCUT2D eigenvalue weighted by Gasteiger charge is 2.25. The Morgan fingerprint density at radius 3 is 3.06 bits per heavy atom. The fourth-order valence-corrected chi connectivity index (χ4v) is 3.09. The molecule has 102 valence electrons. The van der Waals surface area contributed by atoms with Gasteiger partial charge in [0.2, 0.25) is 0 Å². The smallest absolute Gasteiger partial charge is 0.0795 e. The molecule has 2 heterocycles. The quantitative estimate of drug-likeness (QED) is 0.786. The first-order valence-corrected chi connectivity index (χ1v) is 7.60. The molecule has 4 nitrogen and oxygen atoms in total. The van der Waals surface area contributed by atoms with Crippen molar-refractivity contribution in [1.82, 2.24) is 14.8 Å². The van der Waals surface area contributed by atoms with Crippen LogP contribution in [0.4, 0.5) is 0 Å². The predicted octanol–water partition coefficient (Wildman–Crippen LogP) is 1.69. The molecule has 0 aromatic carbocycles. The van der Waals surface area contributed by atoms with Gasteiger partial charge in [0.1, 0.15) is 0 Å². The van der Waals surface area contributed by atoms with Crippen molar-refractivity contribution in [2.75, 3.05) is 39.9 Å². The van der Waals surface area contributed by atoms with E-state index in [4.69, 9.17) is 4.74 Å². The number of thiazole rings is 1. The van der Waals surface area contributed by atoms with Crippen molar-refractivity contribution in [3.05, 3.63) is 16.6 Å². The Labute approximate surface area is 114 Å². The SMILES string of the molecule is CC[C@@H]1CN(Cc2cscn2)CCN1CCOC. The topological polar surface area (TPSA) is 28.6 Å². The molecule has 0 radical (unpaired) electrons. The Bertz CT molecular complexity index is 331. The van der Waals surface area contributed by atoms with E-state index in [-0.39, 0.29) is 0 Å². The summed E-state index contributed by atoms with van der Waals surface area (Å²) in [6.45, 7) is 8.60. The summed E-state index contributed by atoms with van der Waals surface area (Å²) >= 11 is 1.68. The summed E-state index contributed by atoms with van der Waals surface area (Å²) in [7, 11) is 1.78. The second-order valence-electron chi connectivity index (χ2n) is 4.81. The van der Waals surface area contributed by atoms with Crippen LogP contribution in [0.25, 0.3) is 0 Å². The highest BCUT2D eigenvalue weighted by molar-refractivity contribution is 7.07. The standard InChI is InChI=1S/C13H23N3OS/c1-3-13-9-15(8-12-10-18-11-14-12)4-5-16(13)6-7-17-2/h10-11,13H,3-9H2,1-2H3/t13-/m1/s1. The third kappa shape index (κ3) is 3.75. The van der Waals surface area contributed by atoms with Crippen molar-refractivity contribution < 1.29 is 4.74 Å². The second kappa shape index (κ2) is 7.19. The van der Waals surface area contributed by atoms with Crippen molar-refractivity contribution >= 4 is 11.3 Å². The molecular formula is C13H23N3OS. The average Bonchev–Trinajstić information content (AvgIpc) is 2.90. The molecular weight excluding hydrogens is 246 g/mol. The van der Waals surface area contributed by atoms with E-state index in [2.05, 4.69) is 27.1 Å². The molecule has 1 aliphatic heterocycles. The predicted molar refractivity (Wildman–Crippen MR) is 74.9 cm³/mol. The molecule has 1 aliphatic rings. The van der Waals surface area contributed by atoms with E-state index in [1.807, 2.05) is 5.51 Å². The van der Waals surface area contributed by atoms with Crippen molar-refractivity contribution in [2.24, 2.45) is 0 Å². The van der Waals surface area contributed by atoms with Gasteiger partial charge in [-0.2, -0.15) is 0 Å². The third-order valence-electron chi connectivity index (χ3n) is 3.61. The van der Waals surface area contributed by atoms with Crippen LogP contribution >= 0.6 is 11.3 Å². The minimum atomic E-state index is 0.660. The zero-order valence-corrected chi connectivity index (χ0v) is 12.2. The normalized spacial score (nSPS) is 22.4. The summed E-state index contributed by atoms with van der Waals surface area (Å²) in [5, 5.41) is 2.15. The monoisotopic (exact) mass is 269 g/mol. The zero-order valence-electron chi connectivity index (χ0n) is 11.3. The van der Waals surface area contributed by atoms with Crippen LogP contribution in [0.15, 0.2) is 10.9 Å². The number of hydrogen-bond donors (Lipinski definition) is 0. The summed E-state index contributed by atoms with van der Waals surface area (Å²) < 4.78 is 5.19. The first-order valence-electron chi connectivity index (χ1n) is 6.66. The summed E-state index contributed by atoms with van der Waals surface area (Å²) in [6.07, 6.45) is 1.21. The minimum absolute atomic E-state index is 0.660. The van der Waals surface area contributed by atoms with Crippen LogP contribution in [0.5, 0.6) is 0 Å². The summed E-state index contributed by atoms with van der Waals surface area (Å²) in [5.41, 5.74) is 3.13. The number of rotatable bonds is 6. The minimum Gasteiger partial charge on any atom is -0.383 e. The molecule has 1 atom stereocenters. The number of aromatic nitrogens is 1. The van der Waals surface area contributed by atoms with Gasteiger partial charge in [-0.15, -0.1) is 11.3 Å². The fourth-order valence-electron chi connectivity index (χ4n) is 2.54. The van der Waals surface area contributed by atoms with Crippen LogP contribution in [0, 0.1) is 0 Å². The molecule has 1 aromatic heterocycles. The van der Waals surface area contributed by atoms with Gasteiger partial charge in [-0.25, -0.2) is 4.98 Å². The lowest BCUT2D eigenvalue weighted by Crippen LogP contribution is -2.53. The Morgan fingerprint density at radius 1 is 1.50 bits per heavy atom. The first-order chi connectivity index (χ1) is 8.83. The number of methoxy groups -OCH3 is 1. The Morgan fingerprint density at radius 2 is 2.39 bits per heavy atom. The third-order valence-corrected chi connectivity index (χ3v) is 4.25. The van der Waals surface area contributed by atoms with E-state index >= 15 is 0 Å². The molecule has 0 saturated carbocycles. The van der Waals surface area contributed by atoms with Gasteiger partial charge in [-0.05, 0) is 6.42 Å². The summed E-state index contributed by atoms with van der Waals surface area (Å²) in [5.74, 6) is 0. The van der Waals surface area contributed by atoms with Gasteiger partial charge in [-0.3, -0.25) is 9.80 Å². The molecule has 1 fully saturated rings. The maximum atomic E-state index is 5.19. The molecule has 0 amide bonds. The maximum absolute atomic E-state index is 5.19. The molecule has 0 spiro atoms. The average molecular weight is 269 g/mol. The molecule has 0 bridgehead atoms. The molecule has 0 N–H and O–H groups in total. The van der Waals surface area contributed by atoms with Crippen molar-refractivity contribution in [3.63, 3.8) is 0 Å². The Kier molecular flexibility index (Phi) is 5.56. The molecule has 2 rings (SSSR count). The van der Waals surface area contributed by atoms with Gasteiger partial charge in [0.25, 0.3) is 0 Å². The lowest BCUT2D eigenvalue weighted by atomic mass is 10.1. The van der Waals surface area contributed by atoms with Gasteiger partial charge in [0, 0.05) is 51.3 Å². The zero-order chi connectivity index (χ0) is 12.8. The molecule has 0 aliphatic carbocycles. The Balaban J connectivity index is 1.83. The molecule has 0 unspecified atom stereocenters. The van der Waals surface area contributed by atoms with E-state index in [0.29, 0.717) is 6.04 Å². The van der Waals surface area contributed by atoms with Crippen LogP contribution in [0.3, 0.4) is 0 Å². The van der Waals surface area contributed by atoms with Crippen molar-refractivity contribution in [2.45, 2.75) is 25.9 Å². The van der Waals surface area contributed by atoms with E-state index in [1.165, 1.54) is 12.1 Å². The largest absolute Gasteiger partial charge is 0.383 e. The summed E-state index contributed by atoms with van der Waals surface area (Å²) in [4.78, 5) is 9.45. The van der Waals surface area contributed by atoms with Crippen LogP contribution in [-0.4, -0.2) is 60.7 Å². The van der Waals surface area contributed by atoms with E-state index in [0.717, 1.165) is 39.3 Å². The first kappa shape index (κ1) is 13.9. The highest BCUT2D eigenvalue weighted by Crippen LogP contribution is 2.15. The van der Waals surface area contributed by atoms with E-state index in [1.54, 1.807) is 18.4 Å². The number of hydrogen-bond acceptors (Lipinski definition) is 5. The Hall–Kier alpha value is -0.490. The molecule has 18 heavy (non-hydrogen) atoms. The van der Waals surface area contributed by atoms with Gasteiger partial charge in [0.05, 0.1) is 17.8 Å². The lowest BCUT2D eigenvalue weighted by Gasteiger charge is -2.40. The number of piperazine rings is 1. The number of nitrogens with zero attached hydrogens (tertiary/aromatic N) is 3. The highest BCUT2D eigenvalue weighted by atomic mass is 32.1.